The Balaban J connectivity index is 2.14. The fourth-order valence-electron chi connectivity index (χ4n) is 2.71. The van der Waals surface area contributed by atoms with Gasteiger partial charge in [-0.25, -0.2) is 13.1 Å². The topological polar surface area (TPSA) is 115 Å². The van der Waals surface area contributed by atoms with Crippen LogP contribution in [-0.2, 0) is 10.0 Å². The summed E-state index contributed by atoms with van der Waals surface area (Å²) in [5.74, 6) is 0.267. The van der Waals surface area contributed by atoms with Crippen LogP contribution >= 0.6 is 0 Å². The average molecular weight is 313 g/mol. The van der Waals surface area contributed by atoms with Gasteiger partial charge in [-0.15, -0.1) is 0 Å². The van der Waals surface area contributed by atoms with E-state index in [1.54, 1.807) is 0 Å². The Hall–Kier alpha value is -1.51. The molecule has 1 aliphatic rings. The lowest BCUT2D eigenvalue weighted by molar-refractivity contribution is -0.384. The number of nitro groups is 1. The molecule has 0 heterocycles. The van der Waals surface area contributed by atoms with Gasteiger partial charge in [-0.3, -0.25) is 10.1 Å². The van der Waals surface area contributed by atoms with Crippen molar-refractivity contribution in [2.24, 2.45) is 11.7 Å². The van der Waals surface area contributed by atoms with Crippen molar-refractivity contribution < 1.29 is 13.3 Å². The molecule has 0 bridgehead atoms. The summed E-state index contributed by atoms with van der Waals surface area (Å²) in [5.41, 5.74) is 5.55. The first kappa shape index (κ1) is 15.9. The highest BCUT2D eigenvalue weighted by atomic mass is 32.2. The number of sulfonamides is 1. The first-order chi connectivity index (χ1) is 9.94. The molecule has 21 heavy (non-hydrogen) atoms. The van der Waals surface area contributed by atoms with Crippen LogP contribution in [-0.4, -0.2) is 25.9 Å². The summed E-state index contributed by atoms with van der Waals surface area (Å²) in [6.07, 6.45) is 4.15. The number of nitrogens with one attached hydrogen (secondary N) is 1. The van der Waals surface area contributed by atoms with Crippen molar-refractivity contribution >= 4 is 15.7 Å². The van der Waals surface area contributed by atoms with E-state index in [4.69, 9.17) is 5.73 Å². The number of nitrogens with two attached hydrogens (primary N) is 1. The van der Waals surface area contributed by atoms with Gasteiger partial charge in [0.15, 0.2) is 0 Å². The number of rotatable bonds is 6. The number of non-ortho nitro benzene ring substituents is 1. The molecule has 1 saturated carbocycles. The van der Waals surface area contributed by atoms with Crippen LogP contribution in [0.2, 0.25) is 0 Å². The number of nitrogens with zero attached hydrogens (tertiary/aromatic N) is 1. The van der Waals surface area contributed by atoms with Gasteiger partial charge < -0.3 is 5.73 Å². The van der Waals surface area contributed by atoms with Crippen LogP contribution in [0.5, 0.6) is 0 Å². The smallest absolute Gasteiger partial charge is 0.269 e. The highest BCUT2D eigenvalue weighted by Crippen LogP contribution is 2.28. The van der Waals surface area contributed by atoms with Gasteiger partial charge >= 0.3 is 0 Å². The number of nitro benzene ring substituents is 1. The Bertz CT molecular complexity index is 594. The second kappa shape index (κ2) is 6.50. The number of hydrogen-bond donors (Lipinski definition) is 2. The lowest BCUT2D eigenvalue weighted by Crippen LogP contribution is -2.44. The van der Waals surface area contributed by atoms with Crippen molar-refractivity contribution in [2.45, 2.75) is 36.6 Å². The van der Waals surface area contributed by atoms with E-state index < -0.39 is 14.9 Å². The summed E-state index contributed by atoms with van der Waals surface area (Å²) in [6, 6.07) is 4.56. The van der Waals surface area contributed by atoms with Gasteiger partial charge in [-0.1, -0.05) is 12.8 Å². The zero-order chi connectivity index (χ0) is 15.5. The fraction of sp³-hybridized carbons (Fsp3) is 0.538. The number of benzene rings is 1. The van der Waals surface area contributed by atoms with Gasteiger partial charge in [0, 0.05) is 24.7 Å². The molecule has 0 saturated heterocycles. The maximum absolute atomic E-state index is 12.3. The average Bonchev–Trinajstić information content (AvgIpc) is 2.99. The largest absolute Gasteiger partial charge is 0.329 e. The van der Waals surface area contributed by atoms with E-state index >= 15 is 0 Å². The maximum Gasteiger partial charge on any atom is 0.269 e. The third-order valence-corrected chi connectivity index (χ3v) is 5.39. The molecule has 1 aliphatic carbocycles. The molecule has 0 radical (unpaired) electrons. The third-order valence-electron chi connectivity index (χ3n) is 3.89. The van der Waals surface area contributed by atoms with Crippen LogP contribution in [0.1, 0.15) is 25.7 Å². The molecule has 1 fully saturated rings. The molecule has 0 aliphatic heterocycles. The Morgan fingerprint density at radius 1 is 1.29 bits per heavy atom. The van der Waals surface area contributed by atoms with E-state index in [0.29, 0.717) is 0 Å². The molecule has 0 amide bonds. The summed E-state index contributed by atoms with van der Waals surface area (Å²) in [4.78, 5) is 10.0. The quantitative estimate of drug-likeness (QED) is 0.608. The van der Waals surface area contributed by atoms with Crippen molar-refractivity contribution in [2.75, 3.05) is 6.54 Å². The SMILES string of the molecule is NC[C@@H](NS(=O)(=O)c1ccc([N+](=O)[O-])cc1)C1CCCC1. The zero-order valence-electron chi connectivity index (χ0n) is 11.6. The molecule has 116 valence electrons. The van der Waals surface area contributed by atoms with Crippen LogP contribution in [0.3, 0.4) is 0 Å². The standard InChI is InChI=1S/C13H19N3O4S/c14-9-13(10-3-1-2-4-10)15-21(19,20)12-7-5-11(6-8-12)16(17)18/h5-8,10,13,15H,1-4,9,14H2/t13-/m1/s1. The molecular formula is C13H19N3O4S. The van der Waals surface area contributed by atoms with Crippen LogP contribution in [0, 0.1) is 16.0 Å². The van der Waals surface area contributed by atoms with E-state index in [1.807, 2.05) is 0 Å². The van der Waals surface area contributed by atoms with Crippen LogP contribution in [0.15, 0.2) is 29.2 Å². The Morgan fingerprint density at radius 3 is 2.33 bits per heavy atom. The summed E-state index contributed by atoms with van der Waals surface area (Å²) >= 11 is 0. The second-order valence-corrected chi connectivity index (χ2v) is 6.97. The van der Waals surface area contributed by atoms with E-state index in [0.717, 1.165) is 25.7 Å². The minimum Gasteiger partial charge on any atom is -0.329 e. The van der Waals surface area contributed by atoms with E-state index in [9.17, 15) is 18.5 Å². The van der Waals surface area contributed by atoms with Gasteiger partial charge in [0.05, 0.1) is 9.82 Å². The molecule has 1 aromatic carbocycles. The fourth-order valence-corrected chi connectivity index (χ4v) is 4.03. The predicted octanol–water partition coefficient (Wildman–Crippen LogP) is 1.39. The first-order valence-corrected chi connectivity index (χ1v) is 8.39. The van der Waals surface area contributed by atoms with Crippen molar-refractivity contribution in [1.82, 2.24) is 4.72 Å². The summed E-state index contributed by atoms with van der Waals surface area (Å²) < 4.78 is 27.2. The first-order valence-electron chi connectivity index (χ1n) is 6.91. The molecule has 0 aromatic heterocycles. The van der Waals surface area contributed by atoms with Gasteiger partial charge in [0.1, 0.15) is 0 Å². The second-order valence-electron chi connectivity index (χ2n) is 5.26. The van der Waals surface area contributed by atoms with Gasteiger partial charge in [0.25, 0.3) is 5.69 Å². The van der Waals surface area contributed by atoms with E-state index in [1.165, 1.54) is 24.3 Å². The lowest BCUT2D eigenvalue weighted by Gasteiger charge is -2.22. The monoisotopic (exact) mass is 313 g/mol. The Labute approximate surface area is 123 Å². The predicted molar refractivity (Wildman–Crippen MR) is 78.2 cm³/mol. The van der Waals surface area contributed by atoms with Gasteiger partial charge in [0.2, 0.25) is 10.0 Å². The van der Waals surface area contributed by atoms with E-state index in [2.05, 4.69) is 4.72 Å². The molecule has 8 heteroatoms. The lowest BCUT2D eigenvalue weighted by atomic mass is 9.99. The maximum atomic E-state index is 12.3. The number of hydrogen-bond acceptors (Lipinski definition) is 5. The van der Waals surface area contributed by atoms with Crippen molar-refractivity contribution in [1.29, 1.82) is 0 Å². The highest BCUT2D eigenvalue weighted by molar-refractivity contribution is 7.89. The van der Waals surface area contributed by atoms with Crippen molar-refractivity contribution in [3.8, 4) is 0 Å². The Morgan fingerprint density at radius 2 is 1.86 bits per heavy atom. The molecule has 7 nitrogen and oxygen atoms in total. The van der Waals surface area contributed by atoms with E-state index in [-0.39, 0.29) is 29.1 Å². The zero-order valence-corrected chi connectivity index (χ0v) is 12.4. The molecule has 0 spiro atoms. The molecule has 3 N–H and O–H groups in total. The van der Waals surface area contributed by atoms with Crippen LogP contribution in [0.25, 0.3) is 0 Å². The summed E-state index contributed by atoms with van der Waals surface area (Å²) in [5, 5.41) is 10.6. The molecule has 0 unspecified atom stereocenters. The van der Waals surface area contributed by atoms with Gasteiger partial charge in [-0.2, -0.15) is 0 Å². The minimum atomic E-state index is -3.70. The molecule has 2 rings (SSSR count). The molecule has 1 atom stereocenters. The molecule has 1 aromatic rings. The Kier molecular flexibility index (Phi) is 4.92. The summed E-state index contributed by atoms with van der Waals surface area (Å²) in [7, 11) is -3.70. The van der Waals surface area contributed by atoms with Crippen LogP contribution in [0.4, 0.5) is 5.69 Å². The summed E-state index contributed by atoms with van der Waals surface area (Å²) in [6.45, 7) is 0.247. The van der Waals surface area contributed by atoms with Gasteiger partial charge in [-0.05, 0) is 30.9 Å². The van der Waals surface area contributed by atoms with Crippen LogP contribution < -0.4 is 10.5 Å². The van der Waals surface area contributed by atoms with Crippen molar-refractivity contribution in [3.63, 3.8) is 0 Å². The normalized spacial score (nSPS) is 17.8. The molecular weight excluding hydrogens is 294 g/mol. The third kappa shape index (κ3) is 3.78. The highest BCUT2D eigenvalue weighted by Gasteiger charge is 2.28. The minimum absolute atomic E-state index is 0.0181. The van der Waals surface area contributed by atoms with Crippen molar-refractivity contribution in [3.05, 3.63) is 34.4 Å².